The van der Waals surface area contributed by atoms with Gasteiger partial charge in [-0.15, -0.1) is 0 Å². The van der Waals surface area contributed by atoms with Crippen LogP contribution in [0.3, 0.4) is 0 Å². The van der Waals surface area contributed by atoms with E-state index in [1.54, 1.807) is 0 Å². The summed E-state index contributed by atoms with van der Waals surface area (Å²) >= 11 is 0. The van der Waals surface area contributed by atoms with Crippen LogP contribution in [0.2, 0.25) is 0 Å². The maximum absolute atomic E-state index is 3.42. The Morgan fingerprint density at radius 3 is 2.31 bits per heavy atom. The zero-order valence-electron chi connectivity index (χ0n) is 10.2. The maximum atomic E-state index is 3.42. The van der Waals surface area contributed by atoms with E-state index < -0.39 is 0 Å². The molecule has 0 spiro atoms. The monoisotopic (exact) mass is 213 g/mol. The Morgan fingerprint density at radius 1 is 1.00 bits per heavy atom. The van der Waals surface area contributed by atoms with Gasteiger partial charge in [0.25, 0.3) is 0 Å². The highest BCUT2D eigenvalue weighted by molar-refractivity contribution is 5.96. The molecule has 0 saturated heterocycles. The zero-order chi connectivity index (χ0) is 11.5. The average Bonchev–Trinajstić information content (AvgIpc) is 2.29. The van der Waals surface area contributed by atoms with E-state index in [1.165, 1.54) is 22.0 Å². The minimum atomic E-state index is 0.570. The van der Waals surface area contributed by atoms with Gasteiger partial charge in [-0.05, 0) is 29.9 Å². The number of nitrogens with one attached hydrogen (secondary N) is 1. The highest BCUT2D eigenvalue weighted by atomic mass is 14.9. The van der Waals surface area contributed by atoms with Crippen LogP contribution in [0.1, 0.15) is 32.3 Å². The molecule has 0 saturated carbocycles. The first-order valence-corrected chi connectivity index (χ1v) is 5.99. The predicted octanol–water partition coefficient (Wildman–Crippen LogP) is 4.40. The molecule has 0 fully saturated rings. The Balaban J connectivity index is 2.67. The summed E-state index contributed by atoms with van der Waals surface area (Å²) in [6, 6.07) is 13.1. The normalized spacial score (nSPS) is 11.0. The summed E-state index contributed by atoms with van der Waals surface area (Å²) in [5.41, 5.74) is 2.67. The van der Waals surface area contributed by atoms with Crippen molar-refractivity contribution >= 4 is 16.5 Å². The first-order chi connectivity index (χ1) is 7.74. The Labute approximate surface area is 97.5 Å². The lowest BCUT2D eigenvalue weighted by Crippen LogP contribution is -1.99. The number of hydrogen-bond acceptors (Lipinski definition) is 1. The van der Waals surface area contributed by atoms with E-state index in [0.29, 0.717) is 5.92 Å². The standard InChI is InChI=1S/C15H19N/c1-4-16-15-10-9-12(11(2)3)13-7-5-6-8-14(13)15/h5-11,16H,4H2,1-3H3. The molecule has 0 aliphatic rings. The molecule has 1 N–H and O–H groups in total. The molecular formula is C15H19N. The van der Waals surface area contributed by atoms with Crippen LogP contribution in [0.5, 0.6) is 0 Å². The van der Waals surface area contributed by atoms with Crippen molar-refractivity contribution in [3.63, 3.8) is 0 Å². The van der Waals surface area contributed by atoms with Crippen molar-refractivity contribution < 1.29 is 0 Å². The molecule has 1 heteroatoms. The van der Waals surface area contributed by atoms with Crippen LogP contribution in [-0.2, 0) is 0 Å². The molecule has 2 aromatic rings. The van der Waals surface area contributed by atoms with Gasteiger partial charge in [0.2, 0.25) is 0 Å². The van der Waals surface area contributed by atoms with Crippen LogP contribution in [0, 0.1) is 0 Å². The summed E-state index contributed by atoms with van der Waals surface area (Å²) in [6.45, 7) is 7.58. The van der Waals surface area contributed by atoms with Crippen LogP contribution >= 0.6 is 0 Å². The SMILES string of the molecule is CCNc1ccc(C(C)C)c2ccccc12. The van der Waals surface area contributed by atoms with E-state index in [0.717, 1.165) is 6.54 Å². The Kier molecular flexibility index (Phi) is 3.14. The van der Waals surface area contributed by atoms with Gasteiger partial charge in [0.15, 0.2) is 0 Å². The van der Waals surface area contributed by atoms with Gasteiger partial charge in [-0.2, -0.15) is 0 Å². The molecule has 0 amide bonds. The van der Waals surface area contributed by atoms with Gasteiger partial charge >= 0.3 is 0 Å². The van der Waals surface area contributed by atoms with Crippen molar-refractivity contribution in [2.45, 2.75) is 26.7 Å². The van der Waals surface area contributed by atoms with Crippen molar-refractivity contribution in [1.82, 2.24) is 0 Å². The topological polar surface area (TPSA) is 12.0 Å². The van der Waals surface area contributed by atoms with Crippen LogP contribution in [-0.4, -0.2) is 6.54 Å². The summed E-state index contributed by atoms with van der Waals surface area (Å²) in [4.78, 5) is 0. The van der Waals surface area contributed by atoms with Crippen molar-refractivity contribution in [3.05, 3.63) is 42.0 Å². The third kappa shape index (κ3) is 1.90. The molecule has 1 nitrogen and oxygen atoms in total. The molecule has 2 rings (SSSR count). The molecular weight excluding hydrogens is 194 g/mol. The second kappa shape index (κ2) is 4.56. The largest absolute Gasteiger partial charge is 0.385 e. The van der Waals surface area contributed by atoms with E-state index in [2.05, 4.69) is 62.5 Å². The van der Waals surface area contributed by atoms with Gasteiger partial charge in [0.1, 0.15) is 0 Å². The highest BCUT2D eigenvalue weighted by Crippen LogP contribution is 2.30. The van der Waals surface area contributed by atoms with E-state index >= 15 is 0 Å². The molecule has 0 atom stereocenters. The number of hydrogen-bond donors (Lipinski definition) is 1. The lowest BCUT2D eigenvalue weighted by molar-refractivity contribution is 0.876. The first kappa shape index (κ1) is 11.0. The summed E-state index contributed by atoms with van der Waals surface area (Å²) < 4.78 is 0. The highest BCUT2D eigenvalue weighted by Gasteiger charge is 2.07. The summed E-state index contributed by atoms with van der Waals surface area (Å²) in [5, 5.41) is 6.12. The minimum absolute atomic E-state index is 0.570. The fraction of sp³-hybridized carbons (Fsp3) is 0.333. The molecule has 0 heterocycles. The van der Waals surface area contributed by atoms with E-state index in [9.17, 15) is 0 Å². The quantitative estimate of drug-likeness (QED) is 0.797. The van der Waals surface area contributed by atoms with Gasteiger partial charge in [-0.3, -0.25) is 0 Å². The Morgan fingerprint density at radius 2 is 1.69 bits per heavy atom. The molecule has 0 aliphatic heterocycles. The molecule has 2 aromatic carbocycles. The second-order valence-corrected chi connectivity index (χ2v) is 4.43. The van der Waals surface area contributed by atoms with Crippen LogP contribution in [0.4, 0.5) is 5.69 Å². The average molecular weight is 213 g/mol. The molecule has 16 heavy (non-hydrogen) atoms. The smallest absolute Gasteiger partial charge is 0.0419 e. The van der Waals surface area contributed by atoms with E-state index in [-0.39, 0.29) is 0 Å². The lowest BCUT2D eigenvalue weighted by Gasteiger charge is -2.14. The molecule has 0 unspecified atom stereocenters. The predicted molar refractivity (Wildman–Crippen MR) is 72.2 cm³/mol. The number of rotatable bonds is 3. The Bertz CT molecular complexity index is 486. The summed E-state index contributed by atoms with van der Waals surface area (Å²) in [6.07, 6.45) is 0. The fourth-order valence-electron chi connectivity index (χ4n) is 2.17. The van der Waals surface area contributed by atoms with Gasteiger partial charge in [-0.25, -0.2) is 0 Å². The van der Waals surface area contributed by atoms with Gasteiger partial charge < -0.3 is 5.32 Å². The molecule has 84 valence electrons. The second-order valence-electron chi connectivity index (χ2n) is 4.43. The number of benzene rings is 2. The van der Waals surface area contributed by atoms with Crippen LogP contribution in [0.15, 0.2) is 36.4 Å². The molecule has 0 bridgehead atoms. The van der Waals surface area contributed by atoms with E-state index in [4.69, 9.17) is 0 Å². The first-order valence-electron chi connectivity index (χ1n) is 5.99. The van der Waals surface area contributed by atoms with Crippen molar-refractivity contribution in [3.8, 4) is 0 Å². The summed E-state index contributed by atoms with van der Waals surface area (Å²) in [7, 11) is 0. The third-order valence-corrected chi connectivity index (χ3v) is 2.95. The van der Waals surface area contributed by atoms with Crippen molar-refractivity contribution in [2.24, 2.45) is 0 Å². The molecule has 0 aromatic heterocycles. The van der Waals surface area contributed by atoms with Crippen molar-refractivity contribution in [2.75, 3.05) is 11.9 Å². The Hall–Kier alpha value is -1.50. The summed E-state index contributed by atoms with van der Waals surface area (Å²) in [5.74, 6) is 0.570. The number of anilines is 1. The number of fused-ring (bicyclic) bond motifs is 1. The lowest BCUT2D eigenvalue weighted by atomic mass is 9.95. The third-order valence-electron chi connectivity index (χ3n) is 2.95. The van der Waals surface area contributed by atoms with E-state index in [1.807, 2.05) is 0 Å². The van der Waals surface area contributed by atoms with Crippen molar-refractivity contribution in [1.29, 1.82) is 0 Å². The molecule has 0 radical (unpaired) electrons. The van der Waals surface area contributed by atoms with Gasteiger partial charge in [0.05, 0.1) is 0 Å². The molecule has 0 aliphatic carbocycles. The van der Waals surface area contributed by atoms with Crippen LogP contribution in [0.25, 0.3) is 10.8 Å². The minimum Gasteiger partial charge on any atom is -0.385 e. The fourth-order valence-corrected chi connectivity index (χ4v) is 2.17. The van der Waals surface area contributed by atoms with Gasteiger partial charge in [-0.1, -0.05) is 44.2 Å². The van der Waals surface area contributed by atoms with Gasteiger partial charge in [0, 0.05) is 17.6 Å². The zero-order valence-corrected chi connectivity index (χ0v) is 10.2. The maximum Gasteiger partial charge on any atom is 0.0419 e. The van der Waals surface area contributed by atoms with Crippen LogP contribution < -0.4 is 5.32 Å².